The van der Waals surface area contributed by atoms with Crippen molar-refractivity contribution in [2.75, 3.05) is 0 Å². The van der Waals surface area contributed by atoms with E-state index in [1.165, 1.54) is 10.6 Å². The van der Waals surface area contributed by atoms with Crippen LogP contribution < -0.4 is 0 Å². The number of imidazole rings is 1. The molecule has 0 radical (unpaired) electrons. The summed E-state index contributed by atoms with van der Waals surface area (Å²) in [5.41, 5.74) is 1.65. The van der Waals surface area contributed by atoms with Crippen LogP contribution in [-0.4, -0.2) is 26.2 Å². The number of ketones is 1. The molecule has 5 heteroatoms. The molecule has 0 unspecified atom stereocenters. The fourth-order valence-electron chi connectivity index (χ4n) is 1.65. The molecule has 0 aliphatic rings. The Morgan fingerprint density at radius 2 is 2.18 bits per heavy atom. The Hall–Kier alpha value is -2.17. The summed E-state index contributed by atoms with van der Waals surface area (Å²) in [5, 5.41) is 8.97. The molecule has 0 aliphatic heterocycles. The molecule has 5 nitrogen and oxygen atoms in total. The summed E-state index contributed by atoms with van der Waals surface area (Å²) in [7, 11) is 0. The Morgan fingerprint density at radius 3 is 2.82 bits per heavy atom. The van der Waals surface area contributed by atoms with E-state index in [0.717, 1.165) is 5.56 Å². The highest BCUT2D eigenvalue weighted by atomic mass is 16.4. The molecule has 2 aromatic heterocycles. The van der Waals surface area contributed by atoms with Gasteiger partial charge in [0, 0.05) is 12.6 Å². The van der Waals surface area contributed by atoms with E-state index < -0.39 is 5.97 Å². The Labute approximate surface area is 97.7 Å². The van der Waals surface area contributed by atoms with Crippen LogP contribution in [0.1, 0.15) is 29.4 Å². The average Bonchev–Trinajstić information content (AvgIpc) is 2.69. The number of aryl methyl sites for hydroxylation is 1. The number of aromatic nitrogens is 2. The summed E-state index contributed by atoms with van der Waals surface area (Å²) in [6, 6.07) is 3.61. The van der Waals surface area contributed by atoms with E-state index in [2.05, 4.69) is 4.98 Å². The Bertz CT molecular complexity index is 586. The Kier molecular flexibility index (Phi) is 2.91. The highest BCUT2D eigenvalue weighted by Gasteiger charge is 2.10. The van der Waals surface area contributed by atoms with Gasteiger partial charge in [0.25, 0.3) is 0 Å². The molecule has 1 N–H and O–H groups in total. The van der Waals surface area contributed by atoms with Crippen molar-refractivity contribution in [1.82, 2.24) is 9.38 Å². The number of rotatable bonds is 4. The first-order valence-corrected chi connectivity index (χ1v) is 5.26. The highest BCUT2D eigenvalue weighted by molar-refractivity contribution is 5.86. The van der Waals surface area contributed by atoms with E-state index in [1.807, 2.05) is 6.07 Å². The molecule has 0 spiro atoms. The molecule has 0 amide bonds. The van der Waals surface area contributed by atoms with Crippen molar-refractivity contribution >= 4 is 17.4 Å². The predicted octanol–water partition coefficient (Wildman–Crippen LogP) is 1.55. The van der Waals surface area contributed by atoms with Crippen molar-refractivity contribution in [2.24, 2.45) is 0 Å². The maximum Gasteiger partial charge on any atom is 0.354 e. The van der Waals surface area contributed by atoms with Gasteiger partial charge >= 0.3 is 5.97 Å². The van der Waals surface area contributed by atoms with Gasteiger partial charge in [-0.2, -0.15) is 0 Å². The van der Waals surface area contributed by atoms with Crippen molar-refractivity contribution < 1.29 is 14.7 Å². The SMILES string of the molecule is CC(=O)CCc1ccc2ncc(C(=O)O)n2c1. The molecule has 0 saturated heterocycles. The lowest BCUT2D eigenvalue weighted by molar-refractivity contribution is -0.116. The summed E-state index contributed by atoms with van der Waals surface area (Å²) in [4.78, 5) is 25.8. The molecule has 0 aromatic carbocycles. The van der Waals surface area contributed by atoms with E-state index in [4.69, 9.17) is 5.11 Å². The van der Waals surface area contributed by atoms with E-state index in [1.54, 1.807) is 19.2 Å². The van der Waals surface area contributed by atoms with Crippen LogP contribution in [0.3, 0.4) is 0 Å². The number of carboxylic acids is 1. The van der Waals surface area contributed by atoms with Crippen LogP contribution in [0, 0.1) is 0 Å². The summed E-state index contributed by atoms with van der Waals surface area (Å²) in [6.45, 7) is 1.54. The second-order valence-electron chi connectivity index (χ2n) is 3.92. The van der Waals surface area contributed by atoms with Gasteiger partial charge in [0.05, 0.1) is 6.20 Å². The van der Waals surface area contributed by atoms with Gasteiger partial charge < -0.3 is 9.90 Å². The van der Waals surface area contributed by atoms with Gasteiger partial charge in [-0.15, -0.1) is 0 Å². The number of carbonyl (C=O) groups is 2. The molecular formula is C12H12N2O3. The van der Waals surface area contributed by atoms with E-state index in [-0.39, 0.29) is 11.5 Å². The van der Waals surface area contributed by atoms with Crippen LogP contribution in [0.2, 0.25) is 0 Å². The predicted molar refractivity (Wildman–Crippen MR) is 61.2 cm³/mol. The lowest BCUT2D eigenvalue weighted by Gasteiger charge is -2.02. The molecule has 17 heavy (non-hydrogen) atoms. The normalized spacial score (nSPS) is 10.6. The first-order valence-electron chi connectivity index (χ1n) is 5.26. The monoisotopic (exact) mass is 232 g/mol. The summed E-state index contributed by atoms with van der Waals surface area (Å²) < 4.78 is 1.53. The second-order valence-corrected chi connectivity index (χ2v) is 3.92. The Morgan fingerprint density at radius 1 is 1.41 bits per heavy atom. The summed E-state index contributed by atoms with van der Waals surface area (Å²) >= 11 is 0. The van der Waals surface area contributed by atoms with Gasteiger partial charge in [-0.1, -0.05) is 6.07 Å². The fourth-order valence-corrected chi connectivity index (χ4v) is 1.65. The maximum atomic E-state index is 10.9. The number of hydrogen-bond donors (Lipinski definition) is 1. The number of carbonyl (C=O) groups excluding carboxylic acids is 1. The second kappa shape index (κ2) is 4.37. The van der Waals surface area contributed by atoms with Crippen LogP contribution in [0.15, 0.2) is 24.5 Å². The first kappa shape index (κ1) is 11.3. The number of pyridine rings is 1. The fraction of sp³-hybridized carbons (Fsp3) is 0.250. The van der Waals surface area contributed by atoms with Gasteiger partial charge in [0.15, 0.2) is 5.69 Å². The third kappa shape index (κ3) is 2.33. The maximum absolute atomic E-state index is 10.9. The van der Waals surface area contributed by atoms with E-state index in [0.29, 0.717) is 18.5 Å². The number of hydrogen-bond acceptors (Lipinski definition) is 3. The topological polar surface area (TPSA) is 71.7 Å². The van der Waals surface area contributed by atoms with Crippen molar-refractivity contribution in [3.8, 4) is 0 Å². The third-order valence-electron chi connectivity index (χ3n) is 2.55. The molecule has 88 valence electrons. The minimum Gasteiger partial charge on any atom is -0.477 e. The average molecular weight is 232 g/mol. The van der Waals surface area contributed by atoms with E-state index in [9.17, 15) is 9.59 Å². The molecule has 2 aromatic rings. The number of carboxylic acid groups (broad SMARTS) is 1. The number of Topliss-reactive ketones (excluding diaryl/α,β-unsaturated/α-hetero) is 1. The minimum absolute atomic E-state index is 0.120. The van der Waals surface area contributed by atoms with Crippen LogP contribution in [-0.2, 0) is 11.2 Å². The lowest BCUT2D eigenvalue weighted by Crippen LogP contribution is -2.02. The van der Waals surface area contributed by atoms with Crippen LogP contribution in [0.25, 0.3) is 5.65 Å². The number of fused-ring (bicyclic) bond motifs is 1. The van der Waals surface area contributed by atoms with Gasteiger partial charge in [-0.3, -0.25) is 4.40 Å². The first-order chi connectivity index (χ1) is 8.08. The Balaban J connectivity index is 2.37. The molecule has 2 heterocycles. The highest BCUT2D eigenvalue weighted by Crippen LogP contribution is 2.11. The minimum atomic E-state index is -1.01. The zero-order valence-corrected chi connectivity index (χ0v) is 9.38. The van der Waals surface area contributed by atoms with Gasteiger partial charge in [0.2, 0.25) is 0 Å². The standard InChI is InChI=1S/C12H12N2O3/c1-8(15)2-3-9-4-5-11-13-6-10(12(16)17)14(11)7-9/h4-7H,2-3H2,1H3,(H,16,17). The molecule has 2 rings (SSSR count). The van der Waals surface area contributed by atoms with Crippen molar-refractivity contribution in [1.29, 1.82) is 0 Å². The smallest absolute Gasteiger partial charge is 0.354 e. The lowest BCUT2D eigenvalue weighted by atomic mass is 10.1. The number of aromatic carboxylic acids is 1. The number of nitrogens with zero attached hydrogens (tertiary/aromatic N) is 2. The summed E-state index contributed by atoms with van der Waals surface area (Å²) in [6.07, 6.45) is 4.12. The van der Waals surface area contributed by atoms with Gasteiger partial charge in [-0.25, -0.2) is 9.78 Å². The molecule has 0 aliphatic carbocycles. The van der Waals surface area contributed by atoms with Crippen molar-refractivity contribution in [3.05, 3.63) is 35.8 Å². The molecule has 0 atom stereocenters. The zero-order chi connectivity index (χ0) is 12.4. The van der Waals surface area contributed by atoms with Gasteiger partial charge in [0.1, 0.15) is 11.4 Å². The molecule has 0 saturated carbocycles. The van der Waals surface area contributed by atoms with Crippen molar-refractivity contribution in [3.63, 3.8) is 0 Å². The van der Waals surface area contributed by atoms with Crippen LogP contribution in [0.4, 0.5) is 0 Å². The quantitative estimate of drug-likeness (QED) is 0.868. The molecule has 0 fully saturated rings. The van der Waals surface area contributed by atoms with E-state index >= 15 is 0 Å². The van der Waals surface area contributed by atoms with Gasteiger partial charge in [-0.05, 0) is 25.0 Å². The molecular weight excluding hydrogens is 220 g/mol. The zero-order valence-electron chi connectivity index (χ0n) is 9.38. The van der Waals surface area contributed by atoms with Crippen LogP contribution in [0.5, 0.6) is 0 Å². The largest absolute Gasteiger partial charge is 0.477 e. The van der Waals surface area contributed by atoms with Crippen LogP contribution >= 0.6 is 0 Å². The third-order valence-corrected chi connectivity index (χ3v) is 2.55. The van der Waals surface area contributed by atoms with Crippen molar-refractivity contribution in [2.45, 2.75) is 19.8 Å². The summed E-state index contributed by atoms with van der Waals surface area (Å²) in [5.74, 6) is -0.893. The molecule has 0 bridgehead atoms.